The molecule has 1 amide bonds. The number of rotatable bonds is 2. The first kappa shape index (κ1) is 13.9. The highest BCUT2D eigenvalue weighted by Gasteiger charge is 2.30. The molecule has 0 saturated carbocycles. The first-order chi connectivity index (χ1) is 11.2. The summed E-state index contributed by atoms with van der Waals surface area (Å²) in [4.78, 5) is 18.4. The Morgan fingerprint density at radius 1 is 1.35 bits per heavy atom. The lowest BCUT2D eigenvalue weighted by Crippen LogP contribution is -2.39. The molecule has 3 aromatic rings. The summed E-state index contributed by atoms with van der Waals surface area (Å²) in [5, 5.41) is 8.53. The first-order valence-corrected chi connectivity index (χ1v) is 7.74. The van der Waals surface area contributed by atoms with Gasteiger partial charge in [-0.05, 0) is 31.9 Å². The van der Waals surface area contributed by atoms with Crippen LogP contribution >= 0.6 is 0 Å². The Kier molecular flexibility index (Phi) is 3.33. The standard InChI is InChI=1S/C16H17N5O2/c1-11-9-17-15(23-11)16(22)20-7-4-5-12(10-20)14-19-18-13-6-2-3-8-21(13)14/h2-3,6,8-9,12H,4-5,7,10H2,1H3/t12-/m0/s1. The van der Waals surface area contributed by atoms with Crippen LogP contribution in [0.2, 0.25) is 0 Å². The van der Waals surface area contributed by atoms with Gasteiger partial charge in [0, 0.05) is 25.2 Å². The van der Waals surface area contributed by atoms with E-state index in [-0.39, 0.29) is 17.7 Å². The maximum Gasteiger partial charge on any atom is 0.309 e. The third kappa shape index (κ3) is 2.48. The van der Waals surface area contributed by atoms with Crippen LogP contribution < -0.4 is 0 Å². The second-order valence-electron chi connectivity index (χ2n) is 5.85. The van der Waals surface area contributed by atoms with Gasteiger partial charge in [0.05, 0.1) is 6.20 Å². The molecule has 3 aromatic heterocycles. The number of carbonyl (C=O) groups is 1. The van der Waals surface area contributed by atoms with Crippen LogP contribution in [-0.2, 0) is 0 Å². The summed E-state index contributed by atoms with van der Waals surface area (Å²) in [6, 6.07) is 5.83. The number of likely N-dealkylation sites (tertiary alicyclic amines) is 1. The van der Waals surface area contributed by atoms with Gasteiger partial charge in [0.25, 0.3) is 5.89 Å². The fourth-order valence-electron chi connectivity index (χ4n) is 3.10. The van der Waals surface area contributed by atoms with Crippen molar-refractivity contribution in [1.82, 2.24) is 24.5 Å². The van der Waals surface area contributed by atoms with E-state index in [4.69, 9.17) is 4.42 Å². The number of hydrogen-bond acceptors (Lipinski definition) is 5. The molecule has 0 unspecified atom stereocenters. The molecule has 118 valence electrons. The molecular weight excluding hydrogens is 294 g/mol. The lowest BCUT2D eigenvalue weighted by molar-refractivity contribution is 0.0662. The van der Waals surface area contributed by atoms with E-state index in [1.54, 1.807) is 18.0 Å². The first-order valence-electron chi connectivity index (χ1n) is 7.74. The van der Waals surface area contributed by atoms with Gasteiger partial charge in [-0.25, -0.2) is 4.98 Å². The number of carbonyl (C=O) groups excluding carboxylic acids is 1. The highest BCUT2D eigenvalue weighted by molar-refractivity contribution is 5.89. The topological polar surface area (TPSA) is 76.5 Å². The minimum atomic E-state index is -0.156. The molecule has 7 heteroatoms. The number of aromatic nitrogens is 4. The van der Waals surface area contributed by atoms with E-state index >= 15 is 0 Å². The van der Waals surface area contributed by atoms with Crippen LogP contribution in [0.15, 0.2) is 35.0 Å². The molecule has 4 rings (SSSR count). The normalized spacial score (nSPS) is 18.5. The number of aryl methyl sites for hydroxylation is 1. The molecule has 1 aliphatic heterocycles. The molecule has 1 aliphatic rings. The lowest BCUT2D eigenvalue weighted by atomic mass is 9.97. The van der Waals surface area contributed by atoms with Crippen molar-refractivity contribution in [3.63, 3.8) is 0 Å². The second kappa shape index (κ2) is 5.49. The molecule has 7 nitrogen and oxygen atoms in total. The van der Waals surface area contributed by atoms with E-state index in [0.29, 0.717) is 18.8 Å². The SMILES string of the molecule is Cc1cnc(C(=O)N2CCC[C@H](c3nnc4ccccn34)C2)o1. The Labute approximate surface area is 132 Å². The van der Waals surface area contributed by atoms with Crippen LogP contribution in [0.5, 0.6) is 0 Å². The van der Waals surface area contributed by atoms with Gasteiger partial charge < -0.3 is 9.32 Å². The fraction of sp³-hybridized carbons (Fsp3) is 0.375. The fourth-order valence-corrected chi connectivity index (χ4v) is 3.10. The molecule has 0 N–H and O–H groups in total. The summed E-state index contributed by atoms with van der Waals surface area (Å²) in [6.07, 6.45) is 5.45. The van der Waals surface area contributed by atoms with E-state index in [2.05, 4.69) is 15.2 Å². The number of nitrogens with zero attached hydrogens (tertiary/aromatic N) is 5. The van der Waals surface area contributed by atoms with Gasteiger partial charge in [-0.2, -0.15) is 0 Å². The predicted octanol–water partition coefficient (Wildman–Crippen LogP) is 2.05. The van der Waals surface area contributed by atoms with E-state index < -0.39 is 0 Å². The van der Waals surface area contributed by atoms with E-state index in [0.717, 1.165) is 24.3 Å². The van der Waals surface area contributed by atoms with Crippen LogP contribution in [-0.4, -0.2) is 43.5 Å². The minimum absolute atomic E-state index is 0.156. The molecule has 0 radical (unpaired) electrons. The number of piperidine rings is 1. The van der Waals surface area contributed by atoms with Crippen molar-refractivity contribution in [2.45, 2.75) is 25.7 Å². The number of amides is 1. The molecule has 0 bridgehead atoms. The molecule has 0 spiro atoms. The third-order valence-corrected chi connectivity index (χ3v) is 4.22. The smallest absolute Gasteiger partial charge is 0.309 e. The van der Waals surface area contributed by atoms with Crippen molar-refractivity contribution in [2.24, 2.45) is 0 Å². The number of hydrogen-bond donors (Lipinski definition) is 0. The van der Waals surface area contributed by atoms with Gasteiger partial charge in [0.15, 0.2) is 5.65 Å². The Balaban J connectivity index is 1.58. The van der Waals surface area contributed by atoms with Gasteiger partial charge in [-0.1, -0.05) is 6.07 Å². The molecule has 23 heavy (non-hydrogen) atoms. The van der Waals surface area contributed by atoms with Crippen molar-refractivity contribution >= 4 is 11.6 Å². The summed E-state index contributed by atoms with van der Waals surface area (Å²) in [5.41, 5.74) is 0.828. The summed E-state index contributed by atoms with van der Waals surface area (Å²) in [7, 11) is 0. The van der Waals surface area contributed by atoms with E-state index in [1.807, 2.05) is 28.8 Å². The van der Waals surface area contributed by atoms with Crippen LogP contribution in [0, 0.1) is 6.92 Å². The third-order valence-electron chi connectivity index (χ3n) is 4.22. The average Bonchev–Trinajstić information content (AvgIpc) is 3.20. The number of fused-ring (bicyclic) bond motifs is 1. The minimum Gasteiger partial charge on any atom is -0.438 e. The van der Waals surface area contributed by atoms with Gasteiger partial charge >= 0.3 is 5.91 Å². The molecule has 0 aromatic carbocycles. The summed E-state index contributed by atoms with van der Waals surface area (Å²) < 4.78 is 7.35. The summed E-state index contributed by atoms with van der Waals surface area (Å²) in [5.74, 6) is 1.72. The number of pyridine rings is 1. The number of oxazole rings is 1. The zero-order chi connectivity index (χ0) is 15.8. The quantitative estimate of drug-likeness (QED) is 0.724. The second-order valence-corrected chi connectivity index (χ2v) is 5.85. The van der Waals surface area contributed by atoms with Crippen LogP contribution in [0.25, 0.3) is 5.65 Å². The molecule has 4 heterocycles. The maximum absolute atomic E-state index is 12.5. The van der Waals surface area contributed by atoms with E-state index in [9.17, 15) is 4.79 Å². The summed E-state index contributed by atoms with van der Waals surface area (Å²) in [6.45, 7) is 3.11. The zero-order valence-electron chi connectivity index (χ0n) is 12.8. The average molecular weight is 311 g/mol. The highest BCUT2D eigenvalue weighted by atomic mass is 16.4. The molecule has 0 aliphatic carbocycles. The Morgan fingerprint density at radius 2 is 2.26 bits per heavy atom. The summed E-state index contributed by atoms with van der Waals surface area (Å²) >= 11 is 0. The van der Waals surface area contributed by atoms with Crippen molar-refractivity contribution in [3.8, 4) is 0 Å². The molecule has 1 atom stereocenters. The molecule has 1 saturated heterocycles. The van der Waals surface area contributed by atoms with Crippen molar-refractivity contribution in [3.05, 3.63) is 48.1 Å². The van der Waals surface area contributed by atoms with Gasteiger partial charge in [0.2, 0.25) is 0 Å². The van der Waals surface area contributed by atoms with Crippen LogP contribution in [0.3, 0.4) is 0 Å². The van der Waals surface area contributed by atoms with Crippen molar-refractivity contribution < 1.29 is 9.21 Å². The lowest BCUT2D eigenvalue weighted by Gasteiger charge is -2.31. The molecule has 1 fully saturated rings. The van der Waals surface area contributed by atoms with Crippen LogP contribution in [0.1, 0.15) is 41.0 Å². The zero-order valence-corrected chi connectivity index (χ0v) is 12.8. The van der Waals surface area contributed by atoms with Gasteiger partial charge in [0.1, 0.15) is 11.6 Å². The Bertz CT molecular complexity index is 853. The van der Waals surface area contributed by atoms with Gasteiger partial charge in [-0.3, -0.25) is 9.20 Å². The Morgan fingerprint density at radius 3 is 3.09 bits per heavy atom. The maximum atomic E-state index is 12.5. The van der Waals surface area contributed by atoms with Crippen molar-refractivity contribution in [1.29, 1.82) is 0 Å². The van der Waals surface area contributed by atoms with Crippen molar-refractivity contribution in [2.75, 3.05) is 13.1 Å². The predicted molar refractivity (Wildman–Crippen MR) is 82.1 cm³/mol. The van der Waals surface area contributed by atoms with Crippen LogP contribution in [0.4, 0.5) is 0 Å². The Hall–Kier alpha value is -2.70. The van der Waals surface area contributed by atoms with E-state index in [1.165, 1.54) is 0 Å². The monoisotopic (exact) mass is 311 g/mol. The molecular formula is C16H17N5O2. The van der Waals surface area contributed by atoms with Gasteiger partial charge in [-0.15, -0.1) is 10.2 Å². The largest absolute Gasteiger partial charge is 0.438 e. The highest BCUT2D eigenvalue weighted by Crippen LogP contribution is 2.26.